The van der Waals surface area contributed by atoms with Crippen molar-refractivity contribution < 1.29 is 17.9 Å². The van der Waals surface area contributed by atoms with E-state index in [1.807, 2.05) is 12.1 Å². The Bertz CT molecular complexity index is 704. The van der Waals surface area contributed by atoms with E-state index in [0.717, 1.165) is 37.4 Å². The van der Waals surface area contributed by atoms with Gasteiger partial charge in [-0.2, -0.15) is 18.2 Å². The molecule has 0 N–H and O–H groups in total. The summed E-state index contributed by atoms with van der Waals surface area (Å²) >= 11 is 0. The van der Waals surface area contributed by atoms with Crippen LogP contribution in [-0.2, 0) is 12.6 Å². The lowest BCUT2D eigenvalue weighted by molar-refractivity contribution is -0.137. The number of rotatable bonds is 7. The highest BCUT2D eigenvalue weighted by molar-refractivity contribution is 5.66. The van der Waals surface area contributed by atoms with Gasteiger partial charge in [-0.3, -0.25) is 0 Å². The van der Waals surface area contributed by atoms with E-state index in [1.165, 1.54) is 12.0 Å². The molecule has 1 aromatic carbocycles. The summed E-state index contributed by atoms with van der Waals surface area (Å²) in [6.07, 6.45) is 0.162. The molecule has 25 heavy (non-hydrogen) atoms. The predicted molar refractivity (Wildman–Crippen MR) is 91.3 cm³/mol. The van der Waals surface area contributed by atoms with Gasteiger partial charge in [-0.15, -0.1) is 0 Å². The Balaban J connectivity index is 2.45. The second kappa shape index (κ2) is 8.18. The number of hydrogen-bond acceptors (Lipinski definition) is 4. The summed E-state index contributed by atoms with van der Waals surface area (Å²) in [5.41, 5.74) is 0.799. The number of benzene rings is 1. The summed E-state index contributed by atoms with van der Waals surface area (Å²) in [4.78, 5) is 9.00. The summed E-state index contributed by atoms with van der Waals surface area (Å²) in [5, 5.41) is 0. The van der Waals surface area contributed by atoms with Gasteiger partial charge in [-0.1, -0.05) is 38.0 Å². The summed E-state index contributed by atoms with van der Waals surface area (Å²) in [7, 11) is 2.90. The first-order valence-electron chi connectivity index (χ1n) is 8.18. The second-order valence-electron chi connectivity index (χ2n) is 5.74. The topological polar surface area (TPSA) is 38.2 Å². The van der Waals surface area contributed by atoms with E-state index in [-0.39, 0.29) is 11.8 Å². The number of methoxy groups -OCH3 is 1. The molecule has 4 nitrogen and oxygen atoms in total. The van der Waals surface area contributed by atoms with E-state index < -0.39 is 11.7 Å². The zero-order valence-electron chi connectivity index (χ0n) is 14.6. The van der Waals surface area contributed by atoms with Gasteiger partial charge in [0.2, 0.25) is 0 Å². The molecule has 0 radical (unpaired) electrons. The number of nitrogens with zero attached hydrogens (tertiary/aromatic N) is 3. The molecule has 0 saturated carbocycles. The average molecular weight is 353 g/mol. The largest absolute Gasteiger partial charge is 0.467 e. The Morgan fingerprint density at radius 2 is 1.88 bits per heavy atom. The van der Waals surface area contributed by atoms with Crippen LogP contribution in [0.25, 0.3) is 0 Å². The zero-order chi connectivity index (χ0) is 18.4. The van der Waals surface area contributed by atoms with Gasteiger partial charge in [-0.25, -0.2) is 4.98 Å². The highest BCUT2D eigenvalue weighted by Crippen LogP contribution is 2.38. The molecule has 0 bridgehead atoms. The third kappa shape index (κ3) is 4.61. The van der Waals surface area contributed by atoms with Crippen molar-refractivity contribution in [2.24, 2.45) is 0 Å². The van der Waals surface area contributed by atoms with Gasteiger partial charge in [0.05, 0.1) is 7.11 Å². The first-order valence-corrected chi connectivity index (χ1v) is 8.18. The molecule has 136 valence electrons. The smallest absolute Gasteiger partial charge is 0.421 e. The highest BCUT2D eigenvalue weighted by atomic mass is 19.4. The molecule has 0 atom stereocenters. The molecule has 2 aromatic rings. The summed E-state index contributed by atoms with van der Waals surface area (Å²) in [6.45, 7) is 2.11. The summed E-state index contributed by atoms with van der Waals surface area (Å²) < 4.78 is 45.0. The van der Waals surface area contributed by atoms with Gasteiger partial charge in [0.15, 0.2) is 5.82 Å². The van der Waals surface area contributed by atoms with Crippen LogP contribution in [0.4, 0.5) is 24.7 Å². The lowest BCUT2D eigenvalue weighted by Gasteiger charge is -2.24. The third-order valence-electron chi connectivity index (χ3n) is 3.95. The van der Waals surface area contributed by atoms with Crippen molar-refractivity contribution in [1.82, 2.24) is 9.97 Å². The van der Waals surface area contributed by atoms with Gasteiger partial charge in [0.1, 0.15) is 5.56 Å². The minimum atomic E-state index is -4.55. The maximum atomic E-state index is 13.4. The number of anilines is 2. The highest BCUT2D eigenvalue weighted by Gasteiger charge is 2.37. The van der Waals surface area contributed by atoms with E-state index >= 15 is 0 Å². The molecular weight excluding hydrogens is 331 g/mol. The molecule has 0 aliphatic rings. The van der Waals surface area contributed by atoms with Crippen molar-refractivity contribution in [3.63, 3.8) is 0 Å². The Morgan fingerprint density at radius 1 is 1.16 bits per heavy atom. The van der Waals surface area contributed by atoms with Crippen molar-refractivity contribution in [2.75, 3.05) is 19.1 Å². The maximum Gasteiger partial charge on any atom is 0.421 e. The van der Waals surface area contributed by atoms with Crippen LogP contribution < -0.4 is 9.64 Å². The van der Waals surface area contributed by atoms with E-state index in [4.69, 9.17) is 4.74 Å². The lowest BCUT2D eigenvalue weighted by Crippen LogP contribution is -2.20. The first kappa shape index (κ1) is 19.0. The van der Waals surface area contributed by atoms with Crippen molar-refractivity contribution in [3.8, 4) is 6.01 Å². The van der Waals surface area contributed by atoms with E-state index in [2.05, 4.69) is 16.9 Å². The number of para-hydroxylation sites is 1. The molecule has 0 saturated heterocycles. The molecule has 0 amide bonds. The predicted octanol–water partition coefficient (Wildman–Crippen LogP) is 5.00. The fourth-order valence-corrected chi connectivity index (χ4v) is 2.64. The molecule has 7 heteroatoms. The molecular formula is C18H22F3N3O. The maximum absolute atomic E-state index is 13.4. The second-order valence-corrected chi connectivity index (χ2v) is 5.74. The minimum Gasteiger partial charge on any atom is -0.467 e. The number of alkyl halides is 3. The van der Waals surface area contributed by atoms with Crippen molar-refractivity contribution in [2.45, 2.75) is 38.8 Å². The molecule has 0 spiro atoms. The lowest BCUT2D eigenvalue weighted by atomic mass is 10.0. The number of halogens is 3. The number of ether oxygens (including phenoxy) is 1. The van der Waals surface area contributed by atoms with Crippen molar-refractivity contribution >= 4 is 11.5 Å². The van der Waals surface area contributed by atoms with Crippen LogP contribution in [0.1, 0.15) is 37.3 Å². The van der Waals surface area contributed by atoms with Crippen LogP contribution in [0.5, 0.6) is 6.01 Å². The number of hydrogen-bond donors (Lipinski definition) is 0. The van der Waals surface area contributed by atoms with Gasteiger partial charge in [-0.05, 0) is 24.5 Å². The van der Waals surface area contributed by atoms with Crippen molar-refractivity contribution in [1.29, 1.82) is 0 Å². The monoisotopic (exact) mass is 353 g/mol. The van der Waals surface area contributed by atoms with Gasteiger partial charge in [0, 0.05) is 18.9 Å². The quantitative estimate of drug-likeness (QED) is 0.656. The standard InChI is InChI=1S/C18H22F3N3O/c1-4-5-6-9-13-10-7-8-11-15(13)24(2)16-14(18(19,20)21)12-22-17(23-16)25-3/h7-8,10-12H,4-6,9H2,1-3H3. The Hall–Kier alpha value is -2.31. The van der Waals surface area contributed by atoms with Crippen LogP contribution in [0.15, 0.2) is 30.5 Å². The molecule has 0 fully saturated rings. The van der Waals surface area contributed by atoms with Crippen molar-refractivity contribution in [3.05, 3.63) is 41.6 Å². The van der Waals surface area contributed by atoms with Gasteiger partial charge in [0.25, 0.3) is 0 Å². The van der Waals surface area contributed by atoms with Crippen LogP contribution in [0.2, 0.25) is 0 Å². The zero-order valence-corrected chi connectivity index (χ0v) is 14.6. The number of unbranched alkanes of at least 4 members (excludes halogenated alkanes) is 2. The molecule has 1 aromatic heterocycles. The van der Waals surface area contributed by atoms with E-state index in [9.17, 15) is 13.2 Å². The Labute approximate surface area is 145 Å². The molecule has 0 aliphatic carbocycles. The fourth-order valence-electron chi connectivity index (χ4n) is 2.64. The van der Waals surface area contributed by atoms with Crippen LogP contribution in [0.3, 0.4) is 0 Å². The third-order valence-corrected chi connectivity index (χ3v) is 3.95. The van der Waals surface area contributed by atoms with Gasteiger partial charge < -0.3 is 9.64 Å². The van der Waals surface area contributed by atoms with Crippen LogP contribution >= 0.6 is 0 Å². The van der Waals surface area contributed by atoms with E-state index in [1.54, 1.807) is 19.2 Å². The fraction of sp³-hybridized carbons (Fsp3) is 0.444. The number of aromatic nitrogens is 2. The Kier molecular flexibility index (Phi) is 6.22. The molecule has 2 rings (SSSR count). The Morgan fingerprint density at radius 3 is 2.52 bits per heavy atom. The molecule has 1 heterocycles. The first-order chi connectivity index (χ1) is 11.9. The van der Waals surface area contributed by atoms with E-state index in [0.29, 0.717) is 5.69 Å². The summed E-state index contributed by atoms with van der Waals surface area (Å²) in [6, 6.07) is 7.34. The average Bonchev–Trinajstić information content (AvgIpc) is 2.60. The van der Waals surface area contributed by atoms with Gasteiger partial charge >= 0.3 is 12.2 Å². The van der Waals surface area contributed by atoms with Crippen LogP contribution in [0, 0.1) is 0 Å². The van der Waals surface area contributed by atoms with Crippen LogP contribution in [-0.4, -0.2) is 24.1 Å². The molecule has 0 unspecified atom stereocenters. The SMILES string of the molecule is CCCCCc1ccccc1N(C)c1nc(OC)ncc1C(F)(F)F. The number of aryl methyl sites for hydroxylation is 1. The molecule has 0 aliphatic heterocycles. The minimum absolute atomic E-state index is 0.0988. The summed E-state index contributed by atoms with van der Waals surface area (Å²) in [5.74, 6) is -0.220. The normalized spacial score (nSPS) is 11.4.